The van der Waals surface area contributed by atoms with Crippen molar-refractivity contribution in [3.05, 3.63) is 48.3 Å². The molecule has 25 heavy (non-hydrogen) atoms. The lowest BCUT2D eigenvalue weighted by molar-refractivity contribution is 0.477. The van der Waals surface area contributed by atoms with Crippen LogP contribution in [0.2, 0.25) is 0 Å². The second-order valence-corrected chi connectivity index (χ2v) is 6.39. The van der Waals surface area contributed by atoms with Gasteiger partial charge in [0.15, 0.2) is 5.82 Å². The maximum Gasteiger partial charge on any atom is 0.165 e. The van der Waals surface area contributed by atoms with E-state index in [4.69, 9.17) is 5.73 Å². The van der Waals surface area contributed by atoms with Gasteiger partial charge in [0.05, 0.1) is 11.1 Å². The highest BCUT2D eigenvalue weighted by atomic mass is 19.1. The SMILES string of the molecule is NC[C@@H]1CCN(c2nc(-c3ccccc3O)nc3ccc(F)cc23)C1. The Kier molecular flexibility index (Phi) is 3.97. The highest BCUT2D eigenvalue weighted by Crippen LogP contribution is 2.33. The van der Waals surface area contributed by atoms with Gasteiger partial charge in [0.25, 0.3) is 0 Å². The summed E-state index contributed by atoms with van der Waals surface area (Å²) in [5.41, 5.74) is 7.01. The molecule has 2 heterocycles. The van der Waals surface area contributed by atoms with Gasteiger partial charge in [0, 0.05) is 18.5 Å². The third-order valence-corrected chi connectivity index (χ3v) is 4.70. The summed E-state index contributed by atoms with van der Waals surface area (Å²) in [4.78, 5) is 11.3. The standard InChI is InChI=1S/C19H19FN4O/c20-13-5-6-16-15(9-13)19(24-8-7-12(10-21)11-24)23-18(22-16)14-3-1-2-4-17(14)25/h1-6,9,12,25H,7-8,10-11,21H2/t12-/m0/s1. The quantitative estimate of drug-likeness (QED) is 0.768. The van der Waals surface area contributed by atoms with Crippen molar-refractivity contribution < 1.29 is 9.50 Å². The van der Waals surface area contributed by atoms with Crippen LogP contribution in [0.15, 0.2) is 42.5 Å². The summed E-state index contributed by atoms with van der Waals surface area (Å²) < 4.78 is 13.8. The molecule has 0 aliphatic carbocycles. The fourth-order valence-electron chi connectivity index (χ4n) is 3.33. The molecule has 0 spiro atoms. The number of rotatable bonds is 3. The number of benzene rings is 2. The average Bonchev–Trinajstić information content (AvgIpc) is 3.10. The monoisotopic (exact) mass is 338 g/mol. The van der Waals surface area contributed by atoms with Gasteiger partial charge in [-0.2, -0.15) is 0 Å². The largest absolute Gasteiger partial charge is 0.507 e. The first kappa shape index (κ1) is 15.8. The number of nitrogens with zero attached hydrogens (tertiary/aromatic N) is 3. The van der Waals surface area contributed by atoms with E-state index in [1.807, 2.05) is 6.07 Å². The summed E-state index contributed by atoms with van der Waals surface area (Å²) in [6.07, 6.45) is 0.989. The number of halogens is 1. The van der Waals surface area contributed by atoms with Crippen molar-refractivity contribution in [2.75, 3.05) is 24.5 Å². The molecule has 1 aliphatic heterocycles. The molecule has 1 fully saturated rings. The molecule has 0 bridgehead atoms. The third-order valence-electron chi connectivity index (χ3n) is 4.70. The fourth-order valence-corrected chi connectivity index (χ4v) is 3.33. The molecule has 3 aromatic rings. The van der Waals surface area contributed by atoms with E-state index in [9.17, 15) is 9.50 Å². The minimum absolute atomic E-state index is 0.121. The van der Waals surface area contributed by atoms with Crippen LogP contribution in [0.3, 0.4) is 0 Å². The Morgan fingerprint density at radius 1 is 1.20 bits per heavy atom. The van der Waals surface area contributed by atoms with Gasteiger partial charge in [-0.25, -0.2) is 14.4 Å². The number of aromatic nitrogens is 2. The van der Waals surface area contributed by atoms with Crippen molar-refractivity contribution in [3.8, 4) is 17.1 Å². The van der Waals surface area contributed by atoms with Crippen LogP contribution in [0, 0.1) is 11.7 Å². The van der Waals surface area contributed by atoms with E-state index in [1.54, 1.807) is 24.3 Å². The summed E-state index contributed by atoms with van der Waals surface area (Å²) in [5, 5.41) is 10.8. The molecule has 0 unspecified atom stereocenters. The molecule has 128 valence electrons. The number of nitrogens with two attached hydrogens (primary N) is 1. The number of hydrogen-bond donors (Lipinski definition) is 2. The third kappa shape index (κ3) is 2.89. The molecule has 0 radical (unpaired) electrons. The molecule has 1 aromatic heterocycles. The Morgan fingerprint density at radius 3 is 2.80 bits per heavy atom. The van der Waals surface area contributed by atoms with Crippen molar-refractivity contribution >= 4 is 16.7 Å². The van der Waals surface area contributed by atoms with Crippen LogP contribution in [0.25, 0.3) is 22.3 Å². The smallest absolute Gasteiger partial charge is 0.165 e. The van der Waals surface area contributed by atoms with Gasteiger partial charge in [-0.3, -0.25) is 0 Å². The molecular weight excluding hydrogens is 319 g/mol. The zero-order valence-electron chi connectivity index (χ0n) is 13.7. The number of phenolic OH excluding ortho intramolecular Hbond substituents is 1. The molecule has 1 atom stereocenters. The van der Waals surface area contributed by atoms with E-state index in [2.05, 4.69) is 14.9 Å². The first-order valence-corrected chi connectivity index (χ1v) is 8.36. The van der Waals surface area contributed by atoms with Crippen LogP contribution in [-0.4, -0.2) is 34.7 Å². The maximum atomic E-state index is 13.8. The van der Waals surface area contributed by atoms with Crippen LogP contribution in [0.5, 0.6) is 5.75 Å². The van der Waals surface area contributed by atoms with Gasteiger partial charge in [-0.1, -0.05) is 12.1 Å². The van der Waals surface area contributed by atoms with Crippen LogP contribution < -0.4 is 10.6 Å². The number of para-hydroxylation sites is 1. The summed E-state index contributed by atoms with van der Waals surface area (Å²) in [7, 11) is 0. The molecule has 0 amide bonds. The molecule has 6 heteroatoms. The zero-order valence-corrected chi connectivity index (χ0v) is 13.7. The second kappa shape index (κ2) is 6.29. The number of fused-ring (bicyclic) bond motifs is 1. The van der Waals surface area contributed by atoms with E-state index >= 15 is 0 Å². The lowest BCUT2D eigenvalue weighted by Crippen LogP contribution is -2.24. The maximum absolute atomic E-state index is 13.8. The normalized spacial score (nSPS) is 17.4. The first-order chi connectivity index (χ1) is 12.2. The molecule has 0 saturated carbocycles. The van der Waals surface area contributed by atoms with Gasteiger partial charge in [-0.15, -0.1) is 0 Å². The van der Waals surface area contributed by atoms with Crippen molar-refractivity contribution in [3.63, 3.8) is 0 Å². The number of hydrogen-bond acceptors (Lipinski definition) is 5. The Balaban J connectivity index is 1.90. The Labute approximate surface area is 144 Å². The predicted octanol–water partition coefficient (Wildman–Crippen LogP) is 2.93. The minimum Gasteiger partial charge on any atom is -0.507 e. The average molecular weight is 338 g/mol. The van der Waals surface area contributed by atoms with Crippen molar-refractivity contribution in [1.82, 2.24) is 9.97 Å². The number of anilines is 1. The topological polar surface area (TPSA) is 75.3 Å². The van der Waals surface area contributed by atoms with Gasteiger partial charge >= 0.3 is 0 Å². The highest BCUT2D eigenvalue weighted by molar-refractivity contribution is 5.91. The van der Waals surface area contributed by atoms with Crippen LogP contribution >= 0.6 is 0 Å². The first-order valence-electron chi connectivity index (χ1n) is 8.36. The summed E-state index contributed by atoms with van der Waals surface area (Å²) >= 11 is 0. The van der Waals surface area contributed by atoms with Crippen LogP contribution in [-0.2, 0) is 0 Å². The summed E-state index contributed by atoms with van der Waals surface area (Å²) in [6, 6.07) is 11.5. The summed E-state index contributed by atoms with van der Waals surface area (Å²) in [6.45, 7) is 2.24. The molecule has 1 aliphatic rings. The minimum atomic E-state index is -0.317. The molecule has 5 nitrogen and oxygen atoms in total. The van der Waals surface area contributed by atoms with E-state index in [-0.39, 0.29) is 11.6 Å². The number of phenols is 1. The Bertz CT molecular complexity index is 930. The van der Waals surface area contributed by atoms with Crippen LogP contribution in [0.1, 0.15) is 6.42 Å². The zero-order chi connectivity index (χ0) is 17.4. The van der Waals surface area contributed by atoms with Crippen molar-refractivity contribution in [2.24, 2.45) is 11.7 Å². The van der Waals surface area contributed by atoms with E-state index in [1.165, 1.54) is 12.1 Å². The van der Waals surface area contributed by atoms with E-state index < -0.39 is 0 Å². The summed E-state index contributed by atoms with van der Waals surface area (Å²) in [5.74, 6) is 1.34. The van der Waals surface area contributed by atoms with Gasteiger partial charge in [-0.05, 0) is 49.2 Å². The van der Waals surface area contributed by atoms with Crippen molar-refractivity contribution in [1.29, 1.82) is 0 Å². The number of aromatic hydroxyl groups is 1. The van der Waals surface area contributed by atoms with Gasteiger partial charge < -0.3 is 15.7 Å². The second-order valence-electron chi connectivity index (χ2n) is 6.39. The Morgan fingerprint density at radius 2 is 2.04 bits per heavy atom. The molecule has 1 saturated heterocycles. The highest BCUT2D eigenvalue weighted by Gasteiger charge is 2.25. The Hall–Kier alpha value is -2.73. The predicted molar refractivity (Wildman–Crippen MR) is 96.0 cm³/mol. The molecule has 4 rings (SSSR count). The van der Waals surface area contributed by atoms with E-state index in [0.29, 0.717) is 40.6 Å². The van der Waals surface area contributed by atoms with Crippen LogP contribution in [0.4, 0.5) is 10.2 Å². The molecule has 2 aromatic carbocycles. The van der Waals surface area contributed by atoms with Gasteiger partial charge in [0.2, 0.25) is 0 Å². The molecular formula is C19H19FN4O. The lowest BCUT2D eigenvalue weighted by Gasteiger charge is -2.20. The van der Waals surface area contributed by atoms with Crippen molar-refractivity contribution in [2.45, 2.75) is 6.42 Å². The lowest BCUT2D eigenvalue weighted by atomic mass is 10.1. The van der Waals surface area contributed by atoms with Gasteiger partial charge in [0.1, 0.15) is 17.4 Å². The molecule has 3 N–H and O–H groups in total. The van der Waals surface area contributed by atoms with E-state index in [0.717, 1.165) is 19.5 Å². The fraction of sp³-hybridized carbons (Fsp3) is 0.263.